The number of rotatable bonds is 10. The second-order valence-electron chi connectivity index (χ2n) is 6.74. The number of nitrogens with zero attached hydrogens (tertiary/aromatic N) is 2. The van der Waals surface area contributed by atoms with Crippen LogP contribution < -0.4 is 20.1 Å². The van der Waals surface area contributed by atoms with Gasteiger partial charge in [-0.15, -0.1) is 24.0 Å². The van der Waals surface area contributed by atoms with Crippen molar-refractivity contribution < 1.29 is 9.47 Å². The van der Waals surface area contributed by atoms with Crippen LogP contribution in [0.15, 0.2) is 23.2 Å². The van der Waals surface area contributed by atoms with Crippen LogP contribution in [0.5, 0.6) is 11.5 Å². The van der Waals surface area contributed by atoms with Crippen molar-refractivity contribution >= 4 is 29.9 Å². The summed E-state index contributed by atoms with van der Waals surface area (Å²) in [7, 11) is 3.28. The molecule has 0 amide bonds. The molecular weight excluding hydrogens is 455 g/mol. The highest BCUT2D eigenvalue weighted by molar-refractivity contribution is 14.0. The van der Waals surface area contributed by atoms with Gasteiger partial charge < -0.3 is 20.1 Å². The molecule has 0 aromatic heterocycles. The number of halogens is 1. The highest BCUT2D eigenvalue weighted by atomic mass is 127. The van der Waals surface area contributed by atoms with Gasteiger partial charge in [0.05, 0.1) is 20.8 Å². The second kappa shape index (κ2) is 13.9. The molecule has 1 aromatic rings. The fourth-order valence-corrected chi connectivity index (χ4v) is 2.91. The number of ether oxygens (including phenoxy) is 2. The van der Waals surface area contributed by atoms with Gasteiger partial charge in [0, 0.05) is 31.7 Å². The predicted octanol–water partition coefficient (Wildman–Crippen LogP) is 3.50. The monoisotopic (exact) mass is 492 g/mol. The van der Waals surface area contributed by atoms with Crippen LogP contribution >= 0.6 is 24.0 Å². The lowest BCUT2D eigenvalue weighted by Crippen LogP contribution is -2.45. The lowest BCUT2D eigenvalue weighted by molar-refractivity contribution is 0.178. The molecule has 0 bridgehead atoms. The minimum Gasteiger partial charge on any atom is -0.493 e. The minimum atomic E-state index is 0. The summed E-state index contributed by atoms with van der Waals surface area (Å²) < 4.78 is 10.6. The van der Waals surface area contributed by atoms with Gasteiger partial charge in [0.2, 0.25) is 0 Å². The van der Waals surface area contributed by atoms with Crippen LogP contribution in [0.2, 0.25) is 0 Å². The summed E-state index contributed by atoms with van der Waals surface area (Å²) >= 11 is 0. The van der Waals surface area contributed by atoms with Gasteiger partial charge in [0.15, 0.2) is 17.5 Å². The Morgan fingerprint density at radius 1 is 1.04 bits per heavy atom. The van der Waals surface area contributed by atoms with Gasteiger partial charge >= 0.3 is 0 Å². The van der Waals surface area contributed by atoms with Crippen LogP contribution in [0, 0.1) is 0 Å². The first kappa shape index (κ1) is 25.8. The SMILES string of the molecule is CCNC(=NCc1ccc(OC)c(OC)c1)NCCN(C(C)C)C(C)C.I. The predicted molar refractivity (Wildman–Crippen MR) is 125 cm³/mol. The van der Waals surface area contributed by atoms with Crippen LogP contribution in [0.1, 0.15) is 40.2 Å². The van der Waals surface area contributed by atoms with Crippen molar-refractivity contribution in [2.24, 2.45) is 4.99 Å². The number of hydrogen-bond acceptors (Lipinski definition) is 4. The Morgan fingerprint density at radius 3 is 2.19 bits per heavy atom. The molecule has 0 saturated carbocycles. The molecule has 0 radical (unpaired) electrons. The topological polar surface area (TPSA) is 58.1 Å². The lowest BCUT2D eigenvalue weighted by atomic mass is 10.2. The van der Waals surface area contributed by atoms with Gasteiger partial charge in [-0.2, -0.15) is 0 Å². The van der Waals surface area contributed by atoms with E-state index >= 15 is 0 Å². The third kappa shape index (κ3) is 9.01. The van der Waals surface area contributed by atoms with Crippen molar-refractivity contribution in [3.05, 3.63) is 23.8 Å². The molecule has 0 atom stereocenters. The molecule has 2 N–H and O–H groups in total. The number of aliphatic imine (C=N–C) groups is 1. The standard InChI is InChI=1S/C20H36N4O2.HI/c1-8-21-20(22-11-12-24(15(2)3)16(4)5)23-14-17-9-10-18(25-6)19(13-17)26-7;/h9-10,13,15-16H,8,11-12,14H2,1-7H3,(H2,21,22,23);1H. The number of nitrogens with one attached hydrogen (secondary N) is 2. The summed E-state index contributed by atoms with van der Waals surface area (Å²) in [5.74, 6) is 2.28. The van der Waals surface area contributed by atoms with Crippen molar-refractivity contribution in [3.63, 3.8) is 0 Å². The van der Waals surface area contributed by atoms with Crippen molar-refractivity contribution in [1.82, 2.24) is 15.5 Å². The normalized spacial score (nSPS) is 11.6. The van der Waals surface area contributed by atoms with Gasteiger partial charge in [-0.1, -0.05) is 6.07 Å². The highest BCUT2D eigenvalue weighted by Gasteiger charge is 2.12. The second-order valence-corrected chi connectivity index (χ2v) is 6.74. The maximum absolute atomic E-state index is 5.36. The first-order valence-electron chi connectivity index (χ1n) is 9.41. The van der Waals surface area contributed by atoms with E-state index in [2.05, 4.69) is 55.1 Å². The molecule has 0 fully saturated rings. The molecule has 7 heteroatoms. The first-order valence-corrected chi connectivity index (χ1v) is 9.41. The summed E-state index contributed by atoms with van der Waals surface area (Å²) in [5.41, 5.74) is 1.07. The average Bonchev–Trinajstić information content (AvgIpc) is 2.62. The zero-order chi connectivity index (χ0) is 19.5. The number of benzene rings is 1. The fraction of sp³-hybridized carbons (Fsp3) is 0.650. The Balaban J connectivity index is 0.00000676. The molecule has 0 aliphatic rings. The minimum absolute atomic E-state index is 0. The molecule has 0 unspecified atom stereocenters. The fourth-order valence-electron chi connectivity index (χ4n) is 2.91. The third-order valence-electron chi connectivity index (χ3n) is 4.20. The van der Waals surface area contributed by atoms with E-state index in [-0.39, 0.29) is 24.0 Å². The van der Waals surface area contributed by atoms with E-state index in [1.807, 2.05) is 18.2 Å². The highest BCUT2D eigenvalue weighted by Crippen LogP contribution is 2.27. The largest absolute Gasteiger partial charge is 0.493 e. The molecule has 6 nitrogen and oxygen atoms in total. The van der Waals surface area contributed by atoms with Gasteiger partial charge in [-0.05, 0) is 52.3 Å². The Labute approximate surface area is 182 Å². The van der Waals surface area contributed by atoms with E-state index < -0.39 is 0 Å². The van der Waals surface area contributed by atoms with E-state index in [9.17, 15) is 0 Å². The molecule has 156 valence electrons. The zero-order valence-corrected chi connectivity index (χ0v) is 20.2. The maximum atomic E-state index is 5.36. The maximum Gasteiger partial charge on any atom is 0.191 e. The van der Waals surface area contributed by atoms with Gasteiger partial charge in [-0.25, -0.2) is 4.99 Å². The van der Waals surface area contributed by atoms with E-state index in [0.717, 1.165) is 42.7 Å². The molecule has 0 saturated heterocycles. The Bertz CT molecular complexity index is 557. The third-order valence-corrected chi connectivity index (χ3v) is 4.20. The van der Waals surface area contributed by atoms with E-state index in [1.165, 1.54) is 0 Å². The van der Waals surface area contributed by atoms with Crippen LogP contribution in [-0.4, -0.2) is 56.8 Å². The summed E-state index contributed by atoms with van der Waals surface area (Å²) in [4.78, 5) is 7.14. The van der Waals surface area contributed by atoms with E-state index in [4.69, 9.17) is 9.47 Å². The summed E-state index contributed by atoms with van der Waals surface area (Å²) in [6.07, 6.45) is 0. The number of guanidine groups is 1. The van der Waals surface area contributed by atoms with Crippen LogP contribution in [0.3, 0.4) is 0 Å². The van der Waals surface area contributed by atoms with Crippen LogP contribution in [0.4, 0.5) is 0 Å². The number of methoxy groups -OCH3 is 2. The Morgan fingerprint density at radius 2 is 1.67 bits per heavy atom. The molecule has 27 heavy (non-hydrogen) atoms. The summed E-state index contributed by atoms with van der Waals surface area (Å²) in [6, 6.07) is 6.94. The molecule has 0 aliphatic heterocycles. The van der Waals surface area contributed by atoms with Crippen molar-refractivity contribution in [2.75, 3.05) is 33.9 Å². The molecule has 1 aromatic carbocycles. The molecule has 0 heterocycles. The summed E-state index contributed by atoms with van der Waals surface area (Å²) in [6.45, 7) is 14.2. The molecular formula is C20H37IN4O2. The van der Waals surface area contributed by atoms with Crippen LogP contribution in [0.25, 0.3) is 0 Å². The first-order chi connectivity index (χ1) is 12.4. The Kier molecular flexibility index (Phi) is 13.2. The Hall–Kier alpha value is -1.22. The van der Waals surface area contributed by atoms with E-state index in [1.54, 1.807) is 14.2 Å². The average molecular weight is 492 g/mol. The van der Waals surface area contributed by atoms with Gasteiger partial charge in [-0.3, -0.25) is 4.90 Å². The number of hydrogen-bond donors (Lipinski definition) is 2. The molecule has 0 aliphatic carbocycles. The van der Waals surface area contributed by atoms with E-state index in [0.29, 0.717) is 18.6 Å². The molecule has 0 spiro atoms. The van der Waals surface area contributed by atoms with Crippen molar-refractivity contribution in [3.8, 4) is 11.5 Å². The van der Waals surface area contributed by atoms with Gasteiger partial charge in [0.1, 0.15) is 0 Å². The van der Waals surface area contributed by atoms with Crippen LogP contribution in [-0.2, 0) is 6.54 Å². The quantitative estimate of drug-likeness (QED) is 0.298. The molecule has 1 rings (SSSR count). The summed E-state index contributed by atoms with van der Waals surface area (Å²) in [5, 5.41) is 6.72. The lowest BCUT2D eigenvalue weighted by Gasteiger charge is -2.30. The van der Waals surface area contributed by atoms with Crippen molar-refractivity contribution in [2.45, 2.75) is 53.2 Å². The zero-order valence-electron chi connectivity index (χ0n) is 17.8. The van der Waals surface area contributed by atoms with Gasteiger partial charge in [0.25, 0.3) is 0 Å². The smallest absolute Gasteiger partial charge is 0.191 e. The van der Waals surface area contributed by atoms with Crippen molar-refractivity contribution in [1.29, 1.82) is 0 Å².